The topological polar surface area (TPSA) is 27.6 Å². The van der Waals surface area contributed by atoms with Crippen LogP contribution in [0.15, 0.2) is 4.99 Å². The number of aliphatic imine (C=N–C) groups is 1. The summed E-state index contributed by atoms with van der Waals surface area (Å²) in [5, 5.41) is 4.60. The van der Waals surface area contributed by atoms with Crippen molar-refractivity contribution in [1.82, 2.24) is 10.2 Å². The molecule has 2 aliphatic rings. The molecule has 86 valence electrons. The minimum atomic E-state index is 0.749. The third kappa shape index (κ3) is 3.68. The molecule has 1 fully saturated rings. The van der Waals surface area contributed by atoms with Crippen LogP contribution in [0.1, 0.15) is 19.8 Å². The summed E-state index contributed by atoms with van der Waals surface area (Å²) in [7, 11) is 0. The zero-order valence-corrected chi connectivity index (χ0v) is 10.4. The quantitative estimate of drug-likeness (QED) is 0.790. The highest BCUT2D eigenvalue weighted by atomic mass is 32.2. The van der Waals surface area contributed by atoms with Crippen molar-refractivity contribution >= 4 is 16.9 Å². The summed E-state index contributed by atoms with van der Waals surface area (Å²) in [5.41, 5.74) is 0. The van der Waals surface area contributed by atoms with Gasteiger partial charge in [0.1, 0.15) is 0 Å². The van der Waals surface area contributed by atoms with Gasteiger partial charge in [0.2, 0.25) is 0 Å². The maximum atomic E-state index is 4.52. The lowest BCUT2D eigenvalue weighted by atomic mass is 10.2. The van der Waals surface area contributed by atoms with Gasteiger partial charge in [-0.05, 0) is 31.8 Å². The number of rotatable bonds is 3. The maximum Gasteiger partial charge on any atom is 0.156 e. The third-order valence-corrected chi connectivity index (χ3v) is 4.24. The number of likely N-dealkylation sites (tertiary alicyclic amines) is 1. The van der Waals surface area contributed by atoms with E-state index in [0.29, 0.717) is 0 Å². The molecule has 2 heterocycles. The van der Waals surface area contributed by atoms with Crippen LogP contribution in [0.25, 0.3) is 0 Å². The van der Waals surface area contributed by atoms with Crippen LogP contribution in [0, 0.1) is 5.92 Å². The molecule has 15 heavy (non-hydrogen) atoms. The molecular formula is C11H21N3S. The predicted octanol–water partition coefficient (Wildman–Crippen LogP) is 1.41. The second-order valence-electron chi connectivity index (χ2n) is 4.54. The Bertz CT molecular complexity index is 224. The Balaban J connectivity index is 1.61. The molecule has 1 saturated heterocycles. The SMILES string of the molecule is CC1CN=C(NCCN2CCCC2)SC1. The van der Waals surface area contributed by atoms with E-state index in [1.54, 1.807) is 0 Å². The summed E-state index contributed by atoms with van der Waals surface area (Å²) in [6.07, 6.45) is 2.76. The molecule has 2 rings (SSSR count). The zero-order chi connectivity index (χ0) is 10.5. The van der Waals surface area contributed by atoms with Crippen LogP contribution >= 0.6 is 11.8 Å². The molecule has 4 heteroatoms. The summed E-state index contributed by atoms with van der Waals surface area (Å²) >= 11 is 1.87. The largest absolute Gasteiger partial charge is 0.364 e. The second kappa shape index (κ2) is 5.75. The van der Waals surface area contributed by atoms with Crippen LogP contribution in [0.5, 0.6) is 0 Å². The Morgan fingerprint density at radius 1 is 1.47 bits per heavy atom. The van der Waals surface area contributed by atoms with Crippen LogP contribution in [-0.2, 0) is 0 Å². The number of hydrogen-bond donors (Lipinski definition) is 1. The van der Waals surface area contributed by atoms with Crippen LogP contribution in [-0.4, -0.2) is 48.5 Å². The van der Waals surface area contributed by atoms with Crippen molar-refractivity contribution in [2.45, 2.75) is 19.8 Å². The number of thioether (sulfide) groups is 1. The molecule has 1 N–H and O–H groups in total. The van der Waals surface area contributed by atoms with Gasteiger partial charge in [0.05, 0.1) is 0 Å². The molecule has 3 nitrogen and oxygen atoms in total. The highest BCUT2D eigenvalue weighted by Crippen LogP contribution is 2.15. The van der Waals surface area contributed by atoms with Crippen molar-refractivity contribution < 1.29 is 0 Å². The fraction of sp³-hybridized carbons (Fsp3) is 0.909. The predicted molar refractivity (Wildman–Crippen MR) is 67.6 cm³/mol. The molecule has 0 bridgehead atoms. The highest BCUT2D eigenvalue weighted by Gasteiger charge is 2.13. The minimum absolute atomic E-state index is 0.749. The molecule has 1 atom stereocenters. The monoisotopic (exact) mass is 227 g/mol. The van der Waals surface area contributed by atoms with Gasteiger partial charge in [-0.15, -0.1) is 0 Å². The summed E-state index contributed by atoms with van der Waals surface area (Å²) in [4.78, 5) is 7.06. The standard InChI is InChI=1S/C11H21N3S/c1-10-8-13-11(15-9-10)12-4-7-14-5-2-3-6-14/h10H,2-9H2,1H3,(H,12,13). The normalized spacial score (nSPS) is 27.8. The first-order valence-electron chi connectivity index (χ1n) is 5.98. The first-order valence-corrected chi connectivity index (χ1v) is 6.96. The van der Waals surface area contributed by atoms with Crippen molar-refractivity contribution in [3.8, 4) is 0 Å². The fourth-order valence-corrected chi connectivity index (χ4v) is 2.91. The molecule has 0 aromatic heterocycles. The average Bonchev–Trinajstić information content (AvgIpc) is 2.74. The number of nitrogens with one attached hydrogen (secondary N) is 1. The summed E-state index contributed by atoms with van der Waals surface area (Å²) in [5.74, 6) is 1.97. The fourth-order valence-electron chi connectivity index (χ4n) is 1.99. The second-order valence-corrected chi connectivity index (χ2v) is 5.55. The maximum absolute atomic E-state index is 4.52. The van der Waals surface area contributed by atoms with Crippen LogP contribution in [0.2, 0.25) is 0 Å². The van der Waals surface area contributed by atoms with E-state index < -0.39 is 0 Å². The van der Waals surface area contributed by atoms with E-state index in [-0.39, 0.29) is 0 Å². The molecular weight excluding hydrogens is 206 g/mol. The summed E-state index contributed by atoms with van der Waals surface area (Å²) in [6.45, 7) is 8.07. The molecule has 0 radical (unpaired) electrons. The van der Waals surface area contributed by atoms with E-state index in [4.69, 9.17) is 0 Å². The Labute approximate surface area is 96.7 Å². The van der Waals surface area contributed by atoms with Gasteiger partial charge in [-0.3, -0.25) is 4.99 Å². The highest BCUT2D eigenvalue weighted by molar-refractivity contribution is 8.13. The van der Waals surface area contributed by atoms with Crippen molar-refractivity contribution in [3.05, 3.63) is 0 Å². The van der Waals surface area contributed by atoms with E-state index in [0.717, 1.165) is 24.2 Å². The lowest BCUT2D eigenvalue weighted by Gasteiger charge is -2.19. The van der Waals surface area contributed by atoms with E-state index in [2.05, 4.69) is 22.1 Å². The van der Waals surface area contributed by atoms with Crippen molar-refractivity contribution in [3.63, 3.8) is 0 Å². The molecule has 0 saturated carbocycles. The van der Waals surface area contributed by atoms with Gasteiger partial charge in [-0.25, -0.2) is 0 Å². The van der Waals surface area contributed by atoms with E-state index in [9.17, 15) is 0 Å². The Hall–Kier alpha value is -0.220. The van der Waals surface area contributed by atoms with Crippen LogP contribution in [0.3, 0.4) is 0 Å². The Morgan fingerprint density at radius 2 is 2.27 bits per heavy atom. The van der Waals surface area contributed by atoms with E-state index in [1.807, 2.05) is 11.8 Å². The van der Waals surface area contributed by atoms with Crippen molar-refractivity contribution in [2.75, 3.05) is 38.5 Å². The van der Waals surface area contributed by atoms with Gasteiger partial charge >= 0.3 is 0 Å². The average molecular weight is 227 g/mol. The first kappa shape index (κ1) is 11.3. The molecule has 0 spiro atoms. The van der Waals surface area contributed by atoms with Gasteiger partial charge < -0.3 is 10.2 Å². The molecule has 2 aliphatic heterocycles. The number of hydrogen-bond acceptors (Lipinski definition) is 4. The zero-order valence-electron chi connectivity index (χ0n) is 9.54. The van der Waals surface area contributed by atoms with Crippen LogP contribution < -0.4 is 5.32 Å². The molecule has 1 unspecified atom stereocenters. The van der Waals surface area contributed by atoms with Crippen molar-refractivity contribution in [1.29, 1.82) is 0 Å². The number of nitrogens with zero attached hydrogens (tertiary/aromatic N) is 2. The Kier molecular flexibility index (Phi) is 4.32. The summed E-state index contributed by atoms with van der Waals surface area (Å²) in [6, 6.07) is 0. The molecule has 0 amide bonds. The summed E-state index contributed by atoms with van der Waals surface area (Å²) < 4.78 is 0. The van der Waals surface area contributed by atoms with Gasteiger partial charge in [0.15, 0.2) is 5.17 Å². The van der Waals surface area contributed by atoms with E-state index >= 15 is 0 Å². The lowest BCUT2D eigenvalue weighted by molar-refractivity contribution is 0.344. The van der Waals surface area contributed by atoms with Gasteiger partial charge in [0, 0.05) is 25.4 Å². The molecule has 0 aromatic carbocycles. The van der Waals surface area contributed by atoms with Crippen molar-refractivity contribution in [2.24, 2.45) is 10.9 Å². The van der Waals surface area contributed by atoms with Gasteiger partial charge in [-0.2, -0.15) is 0 Å². The van der Waals surface area contributed by atoms with Crippen LogP contribution in [0.4, 0.5) is 0 Å². The molecule has 0 aliphatic carbocycles. The number of amidine groups is 1. The molecule has 0 aromatic rings. The van der Waals surface area contributed by atoms with Gasteiger partial charge in [-0.1, -0.05) is 18.7 Å². The first-order chi connectivity index (χ1) is 7.34. The van der Waals surface area contributed by atoms with Gasteiger partial charge in [0.25, 0.3) is 0 Å². The Morgan fingerprint density at radius 3 is 2.93 bits per heavy atom. The van der Waals surface area contributed by atoms with E-state index in [1.165, 1.54) is 38.2 Å². The third-order valence-electron chi connectivity index (χ3n) is 2.95. The lowest BCUT2D eigenvalue weighted by Crippen LogP contribution is -2.34. The smallest absolute Gasteiger partial charge is 0.156 e. The minimum Gasteiger partial charge on any atom is -0.364 e.